The van der Waals surface area contributed by atoms with Crippen molar-refractivity contribution in [1.29, 1.82) is 0 Å². The number of Topliss-reactive ketones (excluding diaryl/α,β-unsaturated/α-hetero) is 1. The Morgan fingerprint density at radius 3 is 2.25 bits per heavy atom. The number of rotatable bonds is 7. The number of fused-ring (bicyclic) bond motifs is 1. The molecule has 0 aromatic heterocycles. The van der Waals surface area contributed by atoms with Gasteiger partial charge in [0, 0.05) is 17.9 Å². The zero-order valence-electron chi connectivity index (χ0n) is 20.4. The standard InChI is InChI=1S/C26H36O6/c1-25(2,3)32-23-9-8-21-20(22(27)10-11-26(21,23)4)15-19(24(28)31-7)16-12-17(29-5)14-18(13-16)30-6/h12-14,19,23H,8-11,15H2,1-7H3/t19?,23-,26-/m0/s1. The normalized spacial score (nSPS) is 24.2. The lowest BCUT2D eigenvalue weighted by Crippen LogP contribution is -2.39. The van der Waals surface area contributed by atoms with Crippen molar-refractivity contribution in [2.45, 2.75) is 77.4 Å². The molecule has 176 valence electrons. The highest BCUT2D eigenvalue weighted by Crippen LogP contribution is 2.54. The summed E-state index contributed by atoms with van der Waals surface area (Å²) in [6, 6.07) is 5.37. The van der Waals surface area contributed by atoms with Gasteiger partial charge in [-0.1, -0.05) is 12.5 Å². The van der Waals surface area contributed by atoms with Gasteiger partial charge in [0.25, 0.3) is 0 Å². The highest BCUT2D eigenvalue weighted by atomic mass is 16.5. The van der Waals surface area contributed by atoms with Crippen LogP contribution in [0.4, 0.5) is 0 Å². The Morgan fingerprint density at radius 1 is 1.09 bits per heavy atom. The smallest absolute Gasteiger partial charge is 0.313 e. The molecule has 1 aromatic carbocycles. The molecule has 0 aliphatic heterocycles. The van der Waals surface area contributed by atoms with Gasteiger partial charge in [0.1, 0.15) is 11.5 Å². The summed E-state index contributed by atoms with van der Waals surface area (Å²) < 4.78 is 22.3. The highest BCUT2D eigenvalue weighted by Gasteiger charge is 2.49. The van der Waals surface area contributed by atoms with Crippen LogP contribution in [0.3, 0.4) is 0 Å². The molecule has 0 amide bonds. The molecule has 2 aliphatic carbocycles. The summed E-state index contributed by atoms with van der Waals surface area (Å²) in [7, 11) is 4.51. The Balaban J connectivity index is 2.02. The first-order valence-corrected chi connectivity index (χ1v) is 11.3. The Kier molecular flexibility index (Phi) is 7.03. The molecule has 0 bridgehead atoms. The van der Waals surface area contributed by atoms with E-state index in [1.54, 1.807) is 20.3 Å². The Bertz CT molecular complexity index is 887. The second-order valence-corrected chi connectivity index (χ2v) is 9.98. The molecule has 32 heavy (non-hydrogen) atoms. The molecule has 6 heteroatoms. The number of carbonyl (C=O) groups is 2. The molecule has 3 rings (SSSR count). The summed E-state index contributed by atoms with van der Waals surface area (Å²) >= 11 is 0. The van der Waals surface area contributed by atoms with Crippen LogP contribution in [0.25, 0.3) is 0 Å². The summed E-state index contributed by atoms with van der Waals surface area (Å²) in [4.78, 5) is 25.9. The number of carbonyl (C=O) groups excluding carboxylic acids is 2. The number of benzene rings is 1. The molecule has 0 spiro atoms. The predicted octanol–water partition coefficient (Wildman–Crippen LogP) is 4.99. The Labute approximate surface area is 191 Å². The van der Waals surface area contributed by atoms with E-state index in [2.05, 4.69) is 27.7 Å². The van der Waals surface area contributed by atoms with Crippen LogP contribution in [0.2, 0.25) is 0 Å². The minimum Gasteiger partial charge on any atom is -0.497 e. The summed E-state index contributed by atoms with van der Waals surface area (Å²) in [5, 5.41) is 0. The summed E-state index contributed by atoms with van der Waals surface area (Å²) in [5.74, 6) is 0.294. The second kappa shape index (κ2) is 9.26. The molecule has 3 atom stereocenters. The monoisotopic (exact) mass is 444 g/mol. The van der Waals surface area contributed by atoms with Crippen molar-refractivity contribution >= 4 is 11.8 Å². The van der Waals surface area contributed by atoms with Crippen molar-refractivity contribution in [3.8, 4) is 11.5 Å². The van der Waals surface area contributed by atoms with Crippen LogP contribution in [0, 0.1) is 5.41 Å². The van der Waals surface area contributed by atoms with Crippen LogP contribution in [0.1, 0.15) is 71.3 Å². The van der Waals surface area contributed by atoms with Crippen LogP contribution in [0.5, 0.6) is 11.5 Å². The molecule has 1 fully saturated rings. The number of hydrogen-bond acceptors (Lipinski definition) is 6. The van der Waals surface area contributed by atoms with E-state index in [0.29, 0.717) is 29.9 Å². The van der Waals surface area contributed by atoms with Gasteiger partial charge < -0.3 is 18.9 Å². The van der Waals surface area contributed by atoms with Gasteiger partial charge in [-0.15, -0.1) is 0 Å². The van der Waals surface area contributed by atoms with Gasteiger partial charge in [0.15, 0.2) is 5.78 Å². The topological polar surface area (TPSA) is 71.1 Å². The second-order valence-electron chi connectivity index (χ2n) is 9.98. The van der Waals surface area contributed by atoms with Crippen LogP contribution in [-0.4, -0.2) is 44.8 Å². The third-order valence-electron chi connectivity index (χ3n) is 6.79. The van der Waals surface area contributed by atoms with E-state index in [1.807, 2.05) is 12.1 Å². The first kappa shape index (κ1) is 24.3. The van der Waals surface area contributed by atoms with E-state index in [4.69, 9.17) is 18.9 Å². The maximum Gasteiger partial charge on any atom is 0.313 e. The average Bonchev–Trinajstić information content (AvgIpc) is 3.07. The molecule has 0 heterocycles. The lowest BCUT2D eigenvalue weighted by molar-refractivity contribution is -0.142. The molecule has 2 aliphatic rings. The maximum absolute atomic E-state index is 13.1. The molecule has 0 radical (unpaired) electrons. The summed E-state index contributed by atoms with van der Waals surface area (Å²) in [6.45, 7) is 8.41. The predicted molar refractivity (Wildman–Crippen MR) is 122 cm³/mol. The van der Waals surface area contributed by atoms with Gasteiger partial charge in [0.05, 0.1) is 39.0 Å². The number of ketones is 1. The Hall–Kier alpha value is -2.34. The average molecular weight is 445 g/mol. The quantitative estimate of drug-likeness (QED) is 0.552. The fourth-order valence-corrected chi connectivity index (χ4v) is 5.14. The van der Waals surface area contributed by atoms with E-state index in [0.717, 1.165) is 30.4 Å². The van der Waals surface area contributed by atoms with Crippen molar-refractivity contribution in [3.63, 3.8) is 0 Å². The van der Waals surface area contributed by atoms with Gasteiger partial charge in [-0.25, -0.2) is 0 Å². The summed E-state index contributed by atoms with van der Waals surface area (Å²) in [6.07, 6.45) is 3.31. The molecule has 0 N–H and O–H groups in total. The van der Waals surface area contributed by atoms with Crippen LogP contribution >= 0.6 is 0 Å². The van der Waals surface area contributed by atoms with Gasteiger partial charge in [-0.3, -0.25) is 9.59 Å². The Morgan fingerprint density at radius 2 is 1.72 bits per heavy atom. The van der Waals surface area contributed by atoms with E-state index in [1.165, 1.54) is 7.11 Å². The lowest BCUT2D eigenvalue weighted by Gasteiger charge is -2.40. The number of esters is 1. The minimum atomic E-state index is -0.625. The zero-order chi connectivity index (χ0) is 23.7. The molecular weight excluding hydrogens is 408 g/mol. The largest absolute Gasteiger partial charge is 0.497 e. The minimum absolute atomic E-state index is 0.0640. The number of ether oxygens (including phenoxy) is 4. The van der Waals surface area contributed by atoms with Gasteiger partial charge in [-0.05, 0) is 69.7 Å². The van der Waals surface area contributed by atoms with E-state index in [9.17, 15) is 9.59 Å². The third kappa shape index (κ3) is 4.85. The third-order valence-corrected chi connectivity index (χ3v) is 6.79. The molecule has 0 saturated heterocycles. The van der Waals surface area contributed by atoms with Gasteiger partial charge in [0.2, 0.25) is 0 Å². The fraction of sp³-hybridized carbons (Fsp3) is 0.615. The van der Waals surface area contributed by atoms with E-state index >= 15 is 0 Å². The molecule has 1 aromatic rings. The number of allylic oxidation sites excluding steroid dienone is 1. The molecular formula is C26H36O6. The van der Waals surface area contributed by atoms with Crippen molar-refractivity contribution in [1.82, 2.24) is 0 Å². The van der Waals surface area contributed by atoms with E-state index in [-0.39, 0.29) is 28.9 Å². The first-order chi connectivity index (χ1) is 15.0. The molecule has 1 unspecified atom stereocenters. The van der Waals surface area contributed by atoms with Gasteiger partial charge in [-0.2, -0.15) is 0 Å². The van der Waals surface area contributed by atoms with Crippen molar-refractivity contribution < 1.29 is 28.5 Å². The highest BCUT2D eigenvalue weighted by molar-refractivity contribution is 5.98. The fourth-order valence-electron chi connectivity index (χ4n) is 5.14. The molecule has 6 nitrogen and oxygen atoms in total. The van der Waals surface area contributed by atoms with E-state index < -0.39 is 5.92 Å². The van der Waals surface area contributed by atoms with Crippen molar-refractivity contribution in [2.24, 2.45) is 5.41 Å². The van der Waals surface area contributed by atoms with Crippen LogP contribution in [0.15, 0.2) is 29.3 Å². The number of methoxy groups -OCH3 is 3. The first-order valence-electron chi connectivity index (χ1n) is 11.3. The lowest BCUT2D eigenvalue weighted by atomic mass is 9.69. The van der Waals surface area contributed by atoms with Crippen molar-refractivity contribution in [2.75, 3.05) is 21.3 Å². The maximum atomic E-state index is 13.1. The van der Waals surface area contributed by atoms with Crippen LogP contribution < -0.4 is 9.47 Å². The van der Waals surface area contributed by atoms with Crippen LogP contribution in [-0.2, 0) is 19.1 Å². The summed E-state index contributed by atoms with van der Waals surface area (Å²) in [5.41, 5.74) is 2.17. The van der Waals surface area contributed by atoms with Crippen molar-refractivity contribution in [3.05, 3.63) is 34.9 Å². The molecule has 1 saturated carbocycles. The SMILES string of the molecule is COC(=O)C(CC1=C2CC[C@H](OC(C)(C)C)[C@@]2(C)CCC1=O)c1cc(OC)cc(OC)c1. The number of hydrogen-bond donors (Lipinski definition) is 0. The zero-order valence-corrected chi connectivity index (χ0v) is 20.4. The van der Waals surface area contributed by atoms with Gasteiger partial charge >= 0.3 is 5.97 Å².